The van der Waals surface area contributed by atoms with E-state index in [2.05, 4.69) is 0 Å². The molecule has 2 aliphatic heterocycles. The molecule has 0 unspecified atom stereocenters. The average Bonchev–Trinajstić information content (AvgIpc) is 2.91. The van der Waals surface area contributed by atoms with Crippen molar-refractivity contribution in [2.24, 2.45) is 0 Å². The molecule has 95 valence electrons. The van der Waals surface area contributed by atoms with Crippen LogP contribution >= 0.6 is 0 Å². The molecule has 1 saturated heterocycles. The number of amides is 1. The molecule has 2 heterocycles. The molecule has 0 aliphatic carbocycles. The van der Waals surface area contributed by atoms with Crippen molar-refractivity contribution in [1.29, 1.82) is 0 Å². The Labute approximate surface area is 121 Å². The van der Waals surface area contributed by atoms with E-state index in [1.807, 2.05) is 36.4 Å². The zero-order chi connectivity index (χ0) is 12.6. The van der Waals surface area contributed by atoms with Crippen LogP contribution in [0.4, 0.5) is 0 Å². The number of carbonyl (C=O) groups excluding carboxylic acids is 1. The number of ether oxygens (including phenoxy) is 1. The number of rotatable bonds is 3. The second-order valence-electron chi connectivity index (χ2n) is 4.32. The zero-order valence-corrected chi connectivity index (χ0v) is 19.8. The summed E-state index contributed by atoms with van der Waals surface area (Å²) in [5.41, 5.74) is 0.438. The maximum Gasteiger partial charge on any atom is 0 e. The Hall–Kier alpha value is -1.75. The molecule has 2 aliphatic rings. The third kappa shape index (κ3) is 2.04. The van der Waals surface area contributed by atoms with Crippen molar-refractivity contribution in [3.05, 3.63) is 54.7 Å². The number of hydrogen-bond acceptors (Lipinski definition) is 3. The summed E-state index contributed by atoms with van der Waals surface area (Å²) >= 11 is 0.996. The van der Waals surface area contributed by atoms with Crippen LogP contribution in [0.2, 0.25) is 0 Å². The van der Waals surface area contributed by atoms with Crippen LogP contribution in [0.1, 0.15) is 11.8 Å². The van der Waals surface area contributed by atoms with E-state index < -0.39 is 5.54 Å². The van der Waals surface area contributed by atoms with Gasteiger partial charge in [-0.25, -0.2) is 0 Å². The van der Waals surface area contributed by atoms with Crippen molar-refractivity contribution in [1.82, 2.24) is 4.90 Å². The Morgan fingerprint density at radius 2 is 2.16 bits per heavy atom. The van der Waals surface area contributed by atoms with Gasteiger partial charge >= 0.3 is 122 Å². The first-order valence-electron chi connectivity index (χ1n) is 5.59. The monoisotopic (exact) mass is 705 g/mol. The van der Waals surface area contributed by atoms with Crippen LogP contribution in [0.15, 0.2) is 42.5 Å². The summed E-state index contributed by atoms with van der Waals surface area (Å²) in [6.45, 7) is 2.12. The van der Waals surface area contributed by atoms with E-state index in [0.717, 1.165) is 31.1 Å². The number of fused-ring (bicyclic) bond motifs is 1. The minimum absolute atomic E-state index is 0. The second kappa shape index (κ2) is 5.09. The van der Waals surface area contributed by atoms with Gasteiger partial charge in [0.2, 0.25) is 0 Å². The molecular formula is C13H11NO3PoRf-. The van der Waals surface area contributed by atoms with Crippen LogP contribution in [0, 0.1) is 6.61 Å². The zero-order valence-electron chi connectivity index (χ0n) is 10.2. The van der Waals surface area contributed by atoms with Gasteiger partial charge in [0.1, 0.15) is 0 Å². The third-order valence-electron chi connectivity index (χ3n) is 3.24. The summed E-state index contributed by atoms with van der Waals surface area (Å²) in [5, 5.41) is 0. The molecule has 0 saturated carbocycles. The van der Waals surface area contributed by atoms with Crippen LogP contribution in [-0.4, -0.2) is 48.5 Å². The maximum atomic E-state index is 12.0. The SMILES string of the molecule is O=C1C=C[C@]2([CH-][O][Po])CO[C@@H](c3ccccc3)N12.[Rf]. The first kappa shape index (κ1) is 13.7. The van der Waals surface area contributed by atoms with Gasteiger partial charge in [-0.3, -0.25) is 0 Å². The predicted molar refractivity (Wildman–Crippen MR) is 65.0 cm³/mol. The molecule has 1 fully saturated rings. The van der Waals surface area contributed by atoms with Crippen molar-refractivity contribution in [2.75, 3.05) is 6.61 Å². The van der Waals surface area contributed by atoms with Crippen molar-refractivity contribution in [2.45, 2.75) is 11.8 Å². The molecule has 0 aromatic heterocycles. The van der Waals surface area contributed by atoms with Crippen molar-refractivity contribution >= 4 is 31.4 Å². The van der Waals surface area contributed by atoms with Crippen LogP contribution < -0.4 is 0 Å². The molecule has 1 radical (unpaired) electrons. The number of nitrogens with zero attached hydrogens (tertiary/aromatic N) is 1. The molecule has 0 bridgehead atoms. The molecule has 1 aromatic rings. The smallest absolute Gasteiger partial charge is 0 e. The molecule has 3 rings (SSSR count). The van der Waals surface area contributed by atoms with Crippen LogP contribution in [0.3, 0.4) is 0 Å². The fourth-order valence-electron chi connectivity index (χ4n) is 2.40. The Kier molecular flexibility index (Phi) is 3.66. The normalized spacial score (nSPS) is 28.4. The summed E-state index contributed by atoms with van der Waals surface area (Å²) in [6.07, 6.45) is 3.10. The van der Waals surface area contributed by atoms with E-state index in [1.165, 1.54) is 0 Å². The Bertz CT molecular complexity index is 496. The van der Waals surface area contributed by atoms with E-state index in [1.54, 1.807) is 17.6 Å². The first-order valence-corrected chi connectivity index (χ1v) is 6.88. The van der Waals surface area contributed by atoms with Gasteiger partial charge in [0.15, 0.2) is 0 Å². The van der Waals surface area contributed by atoms with Gasteiger partial charge in [0, 0.05) is 0 Å². The quantitative estimate of drug-likeness (QED) is 0.444. The van der Waals surface area contributed by atoms with Crippen molar-refractivity contribution in [3.8, 4) is 0 Å². The van der Waals surface area contributed by atoms with E-state index in [0.29, 0.717) is 6.61 Å². The standard InChI is InChI=1S/C13H11NO3.Po.Rf/c15-8-13-7-6-11(16)14(13)12(17-9-13)10-4-2-1-3-5-10;;/h1-8,12H,9H2;;/q-2;+1;/t12-,13-;;/m0../s1. The number of hydrogen-bond donors (Lipinski definition) is 0. The van der Waals surface area contributed by atoms with E-state index >= 15 is 0 Å². The molecule has 1 amide bonds. The molecule has 1 aromatic carbocycles. The van der Waals surface area contributed by atoms with Crippen molar-refractivity contribution < 1.29 is 12.3 Å². The molecule has 2 atom stereocenters. The topological polar surface area (TPSA) is 38.8 Å². The van der Waals surface area contributed by atoms with Crippen molar-refractivity contribution in [3.63, 3.8) is 0 Å². The fraction of sp³-hybridized carbons (Fsp3) is 0.231. The summed E-state index contributed by atoms with van der Waals surface area (Å²) in [5.74, 6) is -0.0374. The van der Waals surface area contributed by atoms with Crippen LogP contribution in [0.5, 0.6) is 0 Å². The summed E-state index contributed by atoms with van der Waals surface area (Å²) in [4.78, 5) is 13.7. The van der Waals surface area contributed by atoms with E-state index in [9.17, 15) is 4.79 Å². The van der Waals surface area contributed by atoms with E-state index in [4.69, 9.17) is 7.51 Å². The van der Waals surface area contributed by atoms with Crippen LogP contribution in [-0.2, 0) is 12.3 Å². The Morgan fingerprint density at radius 3 is 2.84 bits per heavy atom. The van der Waals surface area contributed by atoms with Gasteiger partial charge in [-0.1, -0.05) is 0 Å². The molecule has 0 N–H and O–H groups in total. The van der Waals surface area contributed by atoms with Gasteiger partial charge in [-0.2, -0.15) is 0 Å². The number of carbonyl (C=O) groups is 1. The first-order chi connectivity index (χ1) is 8.77. The molecule has 4 nitrogen and oxygen atoms in total. The molecule has 0 spiro atoms. The molecule has 19 heavy (non-hydrogen) atoms. The Balaban J connectivity index is 0.00000133. The van der Waals surface area contributed by atoms with Gasteiger partial charge in [-0.15, -0.1) is 0 Å². The third-order valence-corrected chi connectivity index (χ3v) is 3.62. The van der Waals surface area contributed by atoms with E-state index in [-0.39, 0.29) is 12.1 Å². The fourth-order valence-corrected chi connectivity index (χ4v) is 3.04. The van der Waals surface area contributed by atoms with Gasteiger partial charge in [0.05, 0.1) is 0 Å². The average molecular weight is 705 g/mol. The van der Waals surface area contributed by atoms with Gasteiger partial charge in [-0.05, 0) is 0 Å². The predicted octanol–water partition coefficient (Wildman–Crippen LogP) is 1.11. The minimum atomic E-state index is -0.542. The largest absolute Gasteiger partial charge is 0 e. The maximum absolute atomic E-state index is 12.0. The molecule has 6 heteroatoms. The molecular weight excluding hydrogens is 694 g/mol. The minimum Gasteiger partial charge on any atom is 0 e. The van der Waals surface area contributed by atoms with Gasteiger partial charge in [0.25, 0.3) is 0 Å². The Morgan fingerprint density at radius 1 is 1.42 bits per heavy atom. The second-order valence-corrected chi connectivity index (χ2v) is 5.07. The summed E-state index contributed by atoms with van der Waals surface area (Å²) in [7, 11) is 0. The summed E-state index contributed by atoms with van der Waals surface area (Å²) in [6, 6.07) is 9.75. The number of benzene rings is 1. The van der Waals surface area contributed by atoms with Gasteiger partial charge < -0.3 is 0 Å². The van der Waals surface area contributed by atoms with Crippen LogP contribution in [0.25, 0.3) is 0 Å². The summed E-state index contributed by atoms with van der Waals surface area (Å²) < 4.78 is 11.0.